The smallest absolute Gasteiger partial charge is 0.445 e. The van der Waals surface area contributed by atoms with Crippen molar-refractivity contribution >= 4 is 25.6 Å². The fourth-order valence-corrected chi connectivity index (χ4v) is 3.09. The van der Waals surface area contributed by atoms with E-state index in [1.165, 1.54) is 24.3 Å². The van der Waals surface area contributed by atoms with Crippen molar-refractivity contribution in [1.29, 1.82) is 0 Å². The molecule has 0 bridgehead atoms. The van der Waals surface area contributed by atoms with Crippen molar-refractivity contribution in [3.8, 4) is 0 Å². The molecule has 6 nitrogen and oxygen atoms in total. The molecule has 2 aromatic rings. The fourth-order valence-electron chi connectivity index (χ4n) is 3.09. The maximum absolute atomic E-state index is 14.4. The van der Waals surface area contributed by atoms with Gasteiger partial charge in [-0.1, -0.05) is 36.4 Å². The standard InChI is InChI=1S/C24H27BFNO5/c1-23(2)24(3,4)32-25(31-23)20(13-19-12-18(15-28)10-11-21(19)26)14-27-22(29)30-16-17-8-6-5-7-9-17/h5-13,15H,14,16H2,1-4H3,(H,27,29). The Balaban J connectivity index is 1.78. The average molecular weight is 439 g/mol. The van der Waals surface area contributed by atoms with Crippen molar-refractivity contribution in [3.63, 3.8) is 0 Å². The highest BCUT2D eigenvalue weighted by Crippen LogP contribution is 2.38. The molecule has 1 fully saturated rings. The van der Waals surface area contributed by atoms with Gasteiger partial charge in [0.15, 0.2) is 0 Å². The van der Waals surface area contributed by atoms with Crippen LogP contribution in [0.3, 0.4) is 0 Å². The first-order valence-corrected chi connectivity index (χ1v) is 10.4. The first-order valence-electron chi connectivity index (χ1n) is 10.4. The summed E-state index contributed by atoms with van der Waals surface area (Å²) in [4.78, 5) is 23.4. The van der Waals surface area contributed by atoms with Gasteiger partial charge in [0.05, 0.1) is 11.2 Å². The summed E-state index contributed by atoms with van der Waals surface area (Å²) >= 11 is 0. The predicted molar refractivity (Wildman–Crippen MR) is 120 cm³/mol. The second-order valence-corrected chi connectivity index (χ2v) is 8.62. The zero-order chi connectivity index (χ0) is 23.4. The molecule has 0 aliphatic carbocycles. The van der Waals surface area contributed by atoms with Gasteiger partial charge in [-0.3, -0.25) is 4.79 Å². The summed E-state index contributed by atoms with van der Waals surface area (Å²) in [6, 6.07) is 13.4. The van der Waals surface area contributed by atoms with Crippen LogP contribution in [-0.4, -0.2) is 37.2 Å². The number of carbonyl (C=O) groups excluding carboxylic acids is 2. The molecule has 168 valence electrons. The van der Waals surface area contributed by atoms with Gasteiger partial charge in [0, 0.05) is 17.7 Å². The van der Waals surface area contributed by atoms with E-state index in [0.717, 1.165) is 5.56 Å². The summed E-state index contributed by atoms with van der Waals surface area (Å²) in [6.07, 6.45) is 1.55. The quantitative estimate of drug-likeness (QED) is 0.505. The van der Waals surface area contributed by atoms with Gasteiger partial charge in [-0.15, -0.1) is 0 Å². The second kappa shape index (κ2) is 9.67. The van der Waals surface area contributed by atoms with Crippen molar-refractivity contribution in [2.45, 2.75) is 45.5 Å². The molecule has 32 heavy (non-hydrogen) atoms. The molecule has 8 heteroatoms. The van der Waals surface area contributed by atoms with E-state index < -0.39 is 30.2 Å². The zero-order valence-corrected chi connectivity index (χ0v) is 18.7. The van der Waals surface area contributed by atoms with Gasteiger partial charge in [-0.25, -0.2) is 9.18 Å². The van der Waals surface area contributed by atoms with Crippen molar-refractivity contribution in [1.82, 2.24) is 5.32 Å². The van der Waals surface area contributed by atoms with Crippen LogP contribution in [0, 0.1) is 5.82 Å². The molecule has 1 saturated heterocycles. The van der Waals surface area contributed by atoms with Crippen LogP contribution in [0.15, 0.2) is 54.0 Å². The Hall–Kier alpha value is -2.97. The Morgan fingerprint density at radius 1 is 1.09 bits per heavy atom. The zero-order valence-electron chi connectivity index (χ0n) is 18.7. The van der Waals surface area contributed by atoms with Crippen LogP contribution < -0.4 is 5.32 Å². The summed E-state index contributed by atoms with van der Waals surface area (Å²) in [6.45, 7) is 7.74. The van der Waals surface area contributed by atoms with E-state index in [2.05, 4.69) is 5.32 Å². The number of aldehydes is 1. The summed E-state index contributed by atoms with van der Waals surface area (Å²) in [5.41, 5.74) is 0.640. The van der Waals surface area contributed by atoms with Crippen LogP contribution in [-0.2, 0) is 20.7 Å². The van der Waals surface area contributed by atoms with Crippen molar-refractivity contribution in [2.24, 2.45) is 0 Å². The molecule has 1 heterocycles. The van der Waals surface area contributed by atoms with Crippen LogP contribution in [0.2, 0.25) is 0 Å². The Morgan fingerprint density at radius 3 is 2.38 bits per heavy atom. The lowest BCUT2D eigenvalue weighted by molar-refractivity contribution is 0.00578. The van der Waals surface area contributed by atoms with E-state index in [0.29, 0.717) is 17.3 Å². The molecular weight excluding hydrogens is 412 g/mol. The number of hydrogen-bond donors (Lipinski definition) is 1. The number of benzene rings is 2. The monoisotopic (exact) mass is 439 g/mol. The molecule has 3 rings (SSSR count). The number of alkyl carbamates (subject to hydrolysis) is 1. The molecule has 1 aliphatic rings. The molecule has 0 aromatic heterocycles. The Kier molecular flexibility index (Phi) is 7.16. The Bertz CT molecular complexity index is 991. The van der Waals surface area contributed by atoms with E-state index in [1.807, 2.05) is 58.0 Å². The lowest BCUT2D eigenvalue weighted by Crippen LogP contribution is -2.41. The summed E-state index contributed by atoms with van der Waals surface area (Å²) in [5.74, 6) is -0.503. The number of rotatable bonds is 7. The van der Waals surface area contributed by atoms with Crippen LogP contribution in [0.5, 0.6) is 0 Å². The molecule has 1 N–H and O–H groups in total. The van der Waals surface area contributed by atoms with Gasteiger partial charge in [-0.2, -0.15) is 0 Å². The minimum absolute atomic E-state index is 0.00913. The van der Waals surface area contributed by atoms with E-state index in [4.69, 9.17) is 14.0 Å². The van der Waals surface area contributed by atoms with E-state index in [9.17, 15) is 14.0 Å². The van der Waals surface area contributed by atoms with Gasteiger partial charge < -0.3 is 19.4 Å². The molecular formula is C24H27BFNO5. The SMILES string of the molecule is CC1(C)OB(C(=Cc2cc(C=O)ccc2F)CNC(=O)OCc2ccccc2)OC1(C)C. The third kappa shape index (κ3) is 5.63. The molecule has 2 aromatic carbocycles. The van der Waals surface area contributed by atoms with Gasteiger partial charge in [0.25, 0.3) is 0 Å². The minimum atomic E-state index is -0.811. The first kappa shape index (κ1) is 23.7. The van der Waals surface area contributed by atoms with Crippen molar-refractivity contribution in [3.05, 3.63) is 76.5 Å². The molecule has 0 unspecified atom stereocenters. The van der Waals surface area contributed by atoms with Gasteiger partial charge in [0.1, 0.15) is 18.7 Å². The number of nitrogens with one attached hydrogen (secondary N) is 1. The first-order chi connectivity index (χ1) is 15.1. The van der Waals surface area contributed by atoms with E-state index in [1.54, 1.807) is 0 Å². The number of hydrogen-bond acceptors (Lipinski definition) is 5. The summed E-state index contributed by atoms with van der Waals surface area (Å²) in [7, 11) is -0.811. The van der Waals surface area contributed by atoms with Crippen molar-refractivity contribution in [2.75, 3.05) is 6.54 Å². The topological polar surface area (TPSA) is 73.9 Å². The number of halogens is 1. The average Bonchev–Trinajstić information content (AvgIpc) is 2.98. The van der Waals surface area contributed by atoms with E-state index >= 15 is 0 Å². The van der Waals surface area contributed by atoms with Gasteiger partial charge >= 0.3 is 13.2 Å². The lowest BCUT2D eigenvalue weighted by atomic mass is 9.77. The van der Waals surface area contributed by atoms with E-state index in [-0.39, 0.29) is 18.7 Å². The third-order valence-electron chi connectivity index (χ3n) is 5.70. The normalized spacial score (nSPS) is 17.2. The third-order valence-corrected chi connectivity index (χ3v) is 5.70. The maximum Gasteiger partial charge on any atom is 0.492 e. The van der Waals surface area contributed by atoms with Crippen LogP contribution in [0.25, 0.3) is 6.08 Å². The fraction of sp³-hybridized carbons (Fsp3) is 0.333. The van der Waals surface area contributed by atoms with Crippen LogP contribution in [0.1, 0.15) is 49.2 Å². The molecule has 0 radical (unpaired) electrons. The van der Waals surface area contributed by atoms with Crippen LogP contribution in [0.4, 0.5) is 9.18 Å². The molecule has 0 atom stereocenters. The largest absolute Gasteiger partial charge is 0.492 e. The number of carbonyl (C=O) groups is 2. The highest BCUT2D eigenvalue weighted by molar-refractivity contribution is 6.56. The summed E-state index contributed by atoms with van der Waals surface area (Å²) < 4.78 is 31.8. The highest BCUT2D eigenvalue weighted by atomic mass is 19.1. The molecule has 0 spiro atoms. The highest BCUT2D eigenvalue weighted by Gasteiger charge is 2.52. The summed E-state index contributed by atoms with van der Waals surface area (Å²) in [5, 5.41) is 2.67. The van der Waals surface area contributed by atoms with Gasteiger partial charge in [-0.05, 0) is 56.9 Å². The molecule has 1 amide bonds. The van der Waals surface area contributed by atoms with Crippen LogP contribution >= 0.6 is 0 Å². The lowest BCUT2D eigenvalue weighted by Gasteiger charge is -2.32. The minimum Gasteiger partial charge on any atom is -0.445 e. The maximum atomic E-state index is 14.4. The second-order valence-electron chi connectivity index (χ2n) is 8.62. The number of ether oxygens (including phenoxy) is 1. The Labute approximate surface area is 187 Å². The molecule has 0 saturated carbocycles. The van der Waals surface area contributed by atoms with Gasteiger partial charge in [0.2, 0.25) is 0 Å². The molecule has 1 aliphatic heterocycles. The Morgan fingerprint density at radius 2 is 1.75 bits per heavy atom. The predicted octanol–water partition coefficient (Wildman–Crippen LogP) is 4.58. The number of amides is 1. The van der Waals surface area contributed by atoms with Crippen molar-refractivity contribution < 1.29 is 28.0 Å².